The fraction of sp³-hybridized carbons (Fsp3) is 0.583. The van der Waals surface area contributed by atoms with Gasteiger partial charge in [0, 0.05) is 18.4 Å². The van der Waals surface area contributed by atoms with Crippen LogP contribution in [0.1, 0.15) is 24.9 Å². The average molecular weight is 222 g/mol. The monoisotopic (exact) mass is 222 g/mol. The van der Waals surface area contributed by atoms with Gasteiger partial charge >= 0.3 is 0 Å². The van der Waals surface area contributed by atoms with Gasteiger partial charge in [0.05, 0.1) is 0 Å². The summed E-state index contributed by atoms with van der Waals surface area (Å²) in [7, 11) is 0. The van der Waals surface area contributed by atoms with E-state index in [1.54, 1.807) is 0 Å². The lowest BCUT2D eigenvalue weighted by Crippen LogP contribution is -2.25. The van der Waals surface area contributed by atoms with Crippen LogP contribution in [0.25, 0.3) is 0 Å². The van der Waals surface area contributed by atoms with Crippen molar-refractivity contribution in [1.29, 1.82) is 0 Å². The number of nitrogens with zero attached hydrogens (tertiary/aromatic N) is 1. The predicted molar refractivity (Wildman–Crippen MR) is 66.1 cm³/mol. The van der Waals surface area contributed by atoms with Crippen molar-refractivity contribution in [2.75, 3.05) is 18.1 Å². The van der Waals surface area contributed by atoms with Crippen molar-refractivity contribution in [3.63, 3.8) is 0 Å². The zero-order valence-electron chi connectivity index (χ0n) is 9.15. The number of hydrogen-bond donors (Lipinski definition) is 1. The third kappa shape index (κ3) is 3.21. The van der Waals surface area contributed by atoms with Gasteiger partial charge in [-0.2, -0.15) is 11.8 Å². The Morgan fingerprint density at radius 1 is 1.53 bits per heavy atom. The quantitative estimate of drug-likeness (QED) is 0.847. The topological polar surface area (TPSA) is 24.9 Å². The van der Waals surface area contributed by atoms with Crippen LogP contribution in [-0.4, -0.2) is 23.0 Å². The summed E-state index contributed by atoms with van der Waals surface area (Å²) in [6, 6.07) is 4.61. The first-order chi connectivity index (χ1) is 7.36. The highest BCUT2D eigenvalue weighted by atomic mass is 32.2. The van der Waals surface area contributed by atoms with Crippen molar-refractivity contribution in [3.8, 4) is 0 Å². The molecule has 15 heavy (non-hydrogen) atoms. The number of thioether (sulfide) groups is 1. The van der Waals surface area contributed by atoms with E-state index >= 15 is 0 Å². The molecule has 0 aromatic carbocycles. The molecule has 1 unspecified atom stereocenters. The van der Waals surface area contributed by atoms with E-state index in [-0.39, 0.29) is 0 Å². The molecule has 1 aliphatic rings. The highest BCUT2D eigenvalue weighted by Crippen LogP contribution is 2.23. The number of nitrogens with one attached hydrogen (secondary N) is 1. The first-order valence-electron chi connectivity index (χ1n) is 5.57. The standard InChI is InChI=1S/C12H18N2S/c1-10(12-2-5-13-6-3-12)14-8-11-4-7-15-9-11/h2-3,5-6,10-11,14H,4,7-9H2,1H3/t10-,11?/m1/s1. The molecule has 1 N–H and O–H groups in total. The lowest BCUT2D eigenvalue weighted by atomic mass is 10.1. The van der Waals surface area contributed by atoms with Gasteiger partial charge in [-0.05, 0) is 55.0 Å². The fourth-order valence-electron chi connectivity index (χ4n) is 1.86. The molecule has 1 fully saturated rings. The van der Waals surface area contributed by atoms with Crippen molar-refractivity contribution in [3.05, 3.63) is 30.1 Å². The molecule has 0 saturated carbocycles. The van der Waals surface area contributed by atoms with Gasteiger partial charge < -0.3 is 5.32 Å². The Bertz CT molecular complexity index is 283. The zero-order valence-corrected chi connectivity index (χ0v) is 9.96. The second kappa shape index (κ2) is 5.52. The van der Waals surface area contributed by atoms with E-state index < -0.39 is 0 Å². The van der Waals surface area contributed by atoms with E-state index in [1.807, 2.05) is 12.4 Å². The van der Waals surface area contributed by atoms with Gasteiger partial charge in [-0.25, -0.2) is 0 Å². The van der Waals surface area contributed by atoms with Gasteiger partial charge in [0.1, 0.15) is 0 Å². The first kappa shape index (κ1) is 11.0. The summed E-state index contributed by atoms with van der Waals surface area (Å²) in [4.78, 5) is 4.03. The number of hydrogen-bond acceptors (Lipinski definition) is 3. The van der Waals surface area contributed by atoms with E-state index in [0.29, 0.717) is 6.04 Å². The molecule has 2 rings (SSSR count). The SMILES string of the molecule is C[C@@H](NCC1CCSC1)c1ccncc1. The third-order valence-electron chi connectivity index (χ3n) is 2.94. The molecule has 2 nitrogen and oxygen atoms in total. The fourth-order valence-corrected chi connectivity index (χ4v) is 3.14. The van der Waals surface area contributed by atoms with E-state index in [0.717, 1.165) is 12.5 Å². The Morgan fingerprint density at radius 2 is 2.33 bits per heavy atom. The van der Waals surface area contributed by atoms with Gasteiger partial charge in [-0.3, -0.25) is 4.98 Å². The minimum Gasteiger partial charge on any atom is -0.310 e. The van der Waals surface area contributed by atoms with E-state index in [1.165, 1.54) is 23.5 Å². The summed E-state index contributed by atoms with van der Waals surface area (Å²) in [5.74, 6) is 3.55. The molecule has 2 atom stereocenters. The van der Waals surface area contributed by atoms with Crippen LogP contribution in [0, 0.1) is 5.92 Å². The van der Waals surface area contributed by atoms with Crippen LogP contribution < -0.4 is 5.32 Å². The lowest BCUT2D eigenvalue weighted by molar-refractivity contribution is 0.477. The minimum atomic E-state index is 0.443. The van der Waals surface area contributed by atoms with Crippen molar-refractivity contribution in [1.82, 2.24) is 10.3 Å². The van der Waals surface area contributed by atoms with E-state index in [4.69, 9.17) is 0 Å². The molecule has 0 radical (unpaired) electrons. The van der Waals surface area contributed by atoms with Crippen molar-refractivity contribution < 1.29 is 0 Å². The molecule has 82 valence electrons. The van der Waals surface area contributed by atoms with Gasteiger partial charge in [0.15, 0.2) is 0 Å². The summed E-state index contributed by atoms with van der Waals surface area (Å²) >= 11 is 2.08. The Labute approximate surface area is 95.9 Å². The normalized spacial score (nSPS) is 22.9. The molecule has 1 saturated heterocycles. The summed E-state index contributed by atoms with van der Waals surface area (Å²) in [5.41, 5.74) is 1.33. The summed E-state index contributed by atoms with van der Waals surface area (Å²) in [6.45, 7) is 3.37. The highest BCUT2D eigenvalue weighted by molar-refractivity contribution is 7.99. The van der Waals surface area contributed by atoms with Crippen LogP contribution in [0.3, 0.4) is 0 Å². The van der Waals surface area contributed by atoms with Crippen LogP contribution in [0.5, 0.6) is 0 Å². The molecule has 0 spiro atoms. The Morgan fingerprint density at radius 3 is 3.00 bits per heavy atom. The summed E-state index contributed by atoms with van der Waals surface area (Å²) in [6.07, 6.45) is 5.10. The smallest absolute Gasteiger partial charge is 0.0293 e. The van der Waals surface area contributed by atoms with Gasteiger partial charge in [0.25, 0.3) is 0 Å². The van der Waals surface area contributed by atoms with Crippen molar-refractivity contribution in [2.24, 2.45) is 5.92 Å². The Kier molecular flexibility index (Phi) is 4.03. The molecule has 2 heterocycles. The molecule has 0 amide bonds. The maximum Gasteiger partial charge on any atom is 0.0293 e. The number of pyridine rings is 1. The molecule has 1 aromatic rings. The maximum absolute atomic E-state index is 4.03. The summed E-state index contributed by atoms with van der Waals surface area (Å²) < 4.78 is 0. The van der Waals surface area contributed by atoms with Crippen LogP contribution in [0.4, 0.5) is 0 Å². The van der Waals surface area contributed by atoms with Crippen LogP contribution in [-0.2, 0) is 0 Å². The lowest BCUT2D eigenvalue weighted by Gasteiger charge is -2.16. The average Bonchev–Trinajstić information content (AvgIpc) is 2.80. The predicted octanol–water partition coefficient (Wildman–Crippen LogP) is 2.49. The summed E-state index contributed by atoms with van der Waals surface area (Å²) in [5, 5.41) is 3.60. The number of rotatable bonds is 4. The second-order valence-corrected chi connectivity index (χ2v) is 5.29. The van der Waals surface area contributed by atoms with E-state index in [9.17, 15) is 0 Å². The zero-order chi connectivity index (χ0) is 10.5. The van der Waals surface area contributed by atoms with Crippen LogP contribution in [0.15, 0.2) is 24.5 Å². The number of aromatic nitrogens is 1. The molecule has 1 aromatic heterocycles. The van der Waals surface area contributed by atoms with Gasteiger partial charge in [-0.15, -0.1) is 0 Å². The molecular weight excluding hydrogens is 204 g/mol. The molecule has 3 heteroatoms. The Balaban J connectivity index is 1.79. The minimum absolute atomic E-state index is 0.443. The van der Waals surface area contributed by atoms with Crippen molar-refractivity contribution >= 4 is 11.8 Å². The third-order valence-corrected chi connectivity index (χ3v) is 4.17. The first-order valence-corrected chi connectivity index (χ1v) is 6.73. The molecule has 0 aliphatic carbocycles. The maximum atomic E-state index is 4.03. The highest BCUT2D eigenvalue weighted by Gasteiger charge is 2.16. The van der Waals surface area contributed by atoms with Crippen LogP contribution >= 0.6 is 11.8 Å². The molecular formula is C12H18N2S. The second-order valence-electron chi connectivity index (χ2n) is 4.14. The van der Waals surface area contributed by atoms with Crippen molar-refractivity contribution in [2.45, 2.75) is 19.4 Å². The molecule has 0 bridgehead atoms. The van der Waals surface area contributed by atoms with Gasteiger partial charge in [-0.1, -0.05) is 0 Å². The van der Waals surface area contributed by atoms with E-state index in [2.05, 4.69) is 41.1 Å². The Hall–Kier alpha value is -0.540. The van der Waals surface area contributed by atoms with Gasteiger partial charge in [0.2, 0.25) is 0 Å². The molecule has 1 aliphatic heterocycles. The largest absolute Gasteiger partial charge is 0.310 e. The van der Waals surface area contributed by atoms with Crippen LogP contribution in [0.2, 0.25) is 0 Å².